The highest BCUT2D eigenvalue weighted by Crippen LogP contribution is 2.22. The van der Waals surface area contributed by atoms with Gasteiger partial charge in [-0.1, -0.05) is 11.6 Å². The van der Waals surface area contributed by atoms with E-state index in [-0.39, 0.29) is 18.4 Å². The van der Waals surface area contributed by atoms with Crippen LogP contribution >= 0.6 is 11.3 Å². The molecule has 6 nitrogen and oxygen atoms in total. The fourth-order valence-corrected chi connectivity index (χ4v) is 4.07. The van der Waals surface area contributed by atoms with Crippen LogP contribution in [0.5, 0.6) is 0 Å². The third-order valence-corrected chi connectivity index (χ3v) is 5.69. The second-order valence-electron chi connectivity index (χ2n) is 6.90. The van der Waals surface area contributed by atoms with Crippen molar-refractivity contribution in [3.63, 3.8) is 0 Å². The molecule has 0 saturated carbocycles. The first-order valence-corrected chi connectivity index (χ1v) is 10.2. The molecule has 144 valence electrons. The van der Waals surface area contributed by atoms with Crippen molar-refractivity contribution in [3.05, 3.63) is 57.4 Å². The molecule has 28 heavy (non-hydrogen) atoms. The minimum absolute atomic E-state index is 0.0246. The van der Waals surface area contributed by atoms with E-state index in [1.54, 1.807) is 29.7 Å². The monoisotopic (exact) mass is 394 g/mol. The number of anilines is 1. The number of carbonyl (C=O) groups is 2. The third kappa shape index (κ3) is 4.55. The number of nitrogens with one attached hydrogen (secondary N) is 2. The van der Waals surface area contributed by atoms with Gasteiger partial charge < -0.3 is 15.5 Å². The van der Waals surface area contributed by atoms with Crippen LogP contribution in [0, 0.1) is 0 Å². The Morgan fingerprint density at radius 1 is 1.25 bits per heavy atom. The van der Waals surface area contributed by atoms with E-state index in [9.17, 15) is 9.59 Å². The third-order valence-electron chi connectivity index (χ3n) is 4.87. The number of likely N-dealkylation sites (tertiary alicyclic amines) is 1. The molecule has 1 fully saturated rings. The summed E-state index contributed by atoms with van der Waals surface area (Å²) in [6, 6.07) is 6.12. The molecule has 0 spiro atoms. The highest BCUT2D eigenvalue weighted by atomic mass is 32.1. The summed E-state index contributed by atoms with van der Waals surface area (Å²) in [4.78, 5) is 31.5. The summed E-state index contributed by atoms with van der Waals surface area (Å²) >= 11 is 1.74. The van der Waals surface area contributed by atoms with Crippen molar-refractivity contribution in [2.45, 2.75) is 19.4 Å². The number of rotatable bonds is 3. The van der Waals surface area contributed by atoms with Crippen LogP contribution in [0.25, 0.3) is 12.2 Å². The van der Waals surface area contributed by atoms with E-state index in [0.717, 1.165) is 37.1 Å². The van der Waals surface area contributed by atoms with Gasteiger partial charge in [-0.05, 0) is 48.1 Å². The summed E-state index contributed by atoms with van der Waals surface area (Å²) < 4.78 is 0. The average molecular weight is 395 g/mol. The van der Waals surface area contributed by atoms with E-state index in [1.807, 2.05) is 11.0 Å². The van der Waals surface area contributed by atoms with Crippen molar-refractivity contribution in [2.24, 2.45) is 0 Å². The Bertz CT molecular complexity index is 924. The van der Waals surface area contributed by atoms with Crippen LogP contribution in [0.3, 0.4) is 0 Å². The molecule has 7 heteroatoms. The lowest BCUT2D eigenvalue weighted by molar-refractivity contribution is -0.126. The van der Waals surface area contributed by atoms with Gasteiger partial charge in [0.1, 0.15) is 5.82 Å². The normalized spacial score (nSPS) is 17.2. The number of nitrogens with zero attached hydrogens (tertiary/aromatic N) is 2. The second-order valence-corrected chi connectivity index (χ2v) is 7.88. The number of hydrogen-bond acceptors (Lipinski definition) is 5. The number of amides is 2. The van der Waals surface area contributed by atoms with Gasteiger partial charge in [0.25, 0.3) is 0 Å². The van der Waals surface area contributed by atoms with Crippen LogP contribution in [0.4, 0.5) is 5.82 Å². The molecule has 0 unspecified atom stereocenters. The van der Waals surface area contributed by atoms with E-state index in [1.165, 1.54) is 10.5 Å². The molecular weight excluding hydrogens is 372 g/mol. The first-order chi connectivity index (χ1) is 13.7. The fourth-order valence-electron chi connectivity index (χ4n) is 3.36. The lowest BCUT2D eigenvalue weighted by atomic mass is 10.0. The fraction of sp³-hybridized carbons (Fsp3) is 0.286. The molecule has 0 radical (unpaired) electrons. The SMILES string of the molecule is O=C1CNCc2cc(/C=C/C(=O)N3CCC(=Cc4cccs4)CC3)cnc2N1. The van der Waals surface area contributed by atoms with E-state index in [2.05, 4.69) is 39.2 Å². The van der Waals surface area contributed by atoms with E-state index in [0.29, 0.717) is 12.4 Å². The average Bonchev–Trinajstić information content (AvgIpc) is 3.14. The summed E-state index contributed by atoms with van der Waals surface area (Å²) in [5.41, 5.74) is 3.17. The summed E-state index contributed by atoms with van der Waals surface area (Å²) in [6.45, 7) is 2.34. The lowest BCUT2D eigenvalue weighted by Gasteiger charge is -2.27. The highest BCUT2D eigenvalue weighted by Gasteiger charge is 2.17. The van der Waals surface area contributed by atoms with Crippen molar-refractivity contribution in [3.8, 4) is 0 Å². The van der Waals surface area contributed by atoms with Gasteiger partial charge >= 0.3 is 0 Å². The van der Waals surface area contributed by atoms with Gasteiger partial charge in [0, 0.05) is 42.3 Å². The molecule has 1 saturated heterocycles. The van der Waals surface area contributed by atoms with Crippen molar-refractivity contribution in [1.82, 2.24) is 15.2 Å². The van der Waals surface area contributed by atoms with Crippen LogP contribution in [0.15, 0.2) is 41.4 Å². The number of aromatic nitrogens is 1. The van der Waals surface area contributed by atoms with Crippen LogP contribution < -0.4 is 10.6 Å². The van der Waals surface area contributed by atoms with Gasteiger partial charge in [0.05, 0.1) is 6.54 Å². The van der Waals surface area contributed by atoms with Gasteiger partial charge in [-0.15, -0.1) is 11.3 Å². The molecule has 2 amide bonds. The standard InChI is InChI=1S/C21H22N4O2S/c26-19-14-22-13-17-10-16(12-23-21(17)24-19)3-4-20(27)25-7-5-15(6-8-25)11-18-2-1-9-28-18/h1-4,9-12,22H,5-8,13-14H2,(H,23,24,26)/b4-3+. The number of hydrogen-bond donors (Lipinski definition) is 2. The first kappa shape index (κ1) is 18.6. The Morgan fingerprint density at radius 3 is 2.89 bits per heavy atom. The summed E-state index contributed by atoms with van der Waals surface area (Å²) in [5, 5.41) is 7.91. The maximum atomic E-state index is 12.5. The molecular formula is C21H22N4O2S. The number of pyridine rings is 1. The quantitative estimate of drug-likeness (QED) is 0.785. The molecule has 0 aliphatic carbocycles. The van der Waals surface area contributed by atoms with Gasteiger partial charge in [0.15, 0.2) is 0 Å². The van der Waals surface area contributed by atoms with Crippen molar-refractivity contribution >= 4 is 41.1 Å². The predicted molar refractivity (Wildman–Crippen MR) is 112 cm³/mol. The van der Waals surface area contributed by atoms with Gasteiger partial charge in [-0.3, -0.25) is 9.59 Å². The van der Waals surface area contributed by atoms with Crippen LogP contribution in [0.2, 0.25) is 0 Å². The van der Waals surface area contributed by atoms with E-state index >= 15 is 0 Å². The van der Waals surface area contributed by atoms with E-state index < -0.39 is 0 Å². The molecule has 0 bridgehead atoms. The summed E-state index contributed by atoms with van der Waals surface area (Å²) in [7, 11) is 0. The Morgan fingerprint density at radius 2 is 2.11 bits per heavy atom. The van der Waals surface area contributed by atoms with Gasteiger partial charge in [-0.2, -0.15) is 0 Å². The molecule has 2 aliphatic rings. The molecule has 0 atom stereocenters. The smallest absolute Gasteiger partial charge is 0.246 e. The summed E-state index contributed by atoms with van der Waals surface area (Å²) in [6.07, 6.45) is 9.16. The predicted octanol–water partition coefficient (Wildman–Crippen LogP) is 2.90. The van der Waals surface area contributed by atoms with Crippen LogP contribution in [-0.4, -0.2) is 41.3 Å². The Hall–Kier alpha value is -2.77. The van der Waals surface area contributed by atoms with Crippen molar-refractivity contribution in [1.29, 1.82) is 0 Å². The first-order valence-electron chi connectivity index (χ1n) is 9.37. The van der Waals surface area contributed by atoms with Crippen LogP contribution in [0.1, 0.15) is 28.8 Å². The highest BCUT2D eigenvalue weighted by molar-refractivity contribution is 7.10. The molecule has 2 aromatic rings. The number of thiophene rings is 1. The largest absolute Gasteiger partial charge is 0.339 e. The lowest BCUT2D eigenvalue weighted by Crippen LogP contribution is -2.35. The maximum absolute atomic E-state index is 12.5. The van der Waals surface area contributed by atoms with E-state index in [4.69, 9.17) is 0 Å². The molecule has 2 N–H and O–H groups in total. The molecule has 0 aromatic carbocycles. The molecule has 2 aliphatic heterocycles. The molecule has 4 rings (SSSR count). The Kier molecular flexibility index (Phi) is 5.64. The molecule has 4 heterocycles. The van der Waals surface area contributed by atoms with Crippen molar-refractivity contribution < 1.29 is 9.59 Å². The molecule has 2 aromatic heterocycles. The van der Waals surface area contributed by atoms with Gasteiger partial charge in [-0.25, -0.2) is 4.98 Å². The van der Waals surface area contributed by atoms with Crippen molar-refractivity contribution in [2.75, 3.05) is 25.0 Å². The van der Waals surface area contributed by atoms with Crippen LogP contribution in [-0.2, 0) is 16.1 Å². The Balaban J connectivity index is 1.36. The Labute approximate surface area is 168 Å². The zero-order valence-corrected chi connectivity index (χ0v) is 16.3. The number of fused-ring (bicyclic) bond motifs is 1. The number of piperidine rings is 1. The zero-order chi connectivity index (χ0) is 19.3. The zero-order valence-electron chi connectivity index (χ0n) is 15.5. The topological polar surface area (TPSA) is 74.3 Å². The minimum Gasteiger partial charge on any atom is -0.339 e. The summed E-state index contributed by atoms with van der Waals surface area (Å²) in [5.74, 6) is 0.512. The number of carbonyl (C=O) groups excluding carboxylic acids is 2. The second kappa shape index (κ2) is 8.50. The van der Waals surface area contributed by atoms with Gasteiger partial charge in [0.2, 0.25) is 11.8 Å². The minimum atomic E-state index is -0.0951. The maximum Gasteiger partial charge on any atom is 0.246 e.